The molecule has 0 bridgehead atoms. The van der Waals surface area contributed by atoms with Crippen LogP contribution in [0.25, 0.3) is 0 Å². The molecule has 0 saturated carbocycles. The lowest BCUT2D eigenvalue weighted by molar-refractivity contribution is -0.133. The van der Waals surface area contributed by atoms with Crippen LogP contribution < -0.4 is 5.73 Å². The maximum atomic E-state index is 13.0. The van der Waals surface area contributed by atoms with Gasteiger partial charge in [-0.25, -0.2) is 0 Å². The Labute approximate surface area is 155 Å². The first kappa shape index (κ1) is 17.3. The van der Waals surface area contributed by atoms with E-state index in [0.717, 1.165) is 19.5 Å². The second-order valence-electron chi connectivity index (χ2n) is 7.32. The third kappa shape index (κ3) is 3.39. The monoisotopic (exact) mass is 350 g/mol. The molecule has 0 spiro atoms. The first-order valence-electron chi connectivity index (χ1n) is 9.48. The van der Waals surface area contributed by atoms with E-state index in [2.05, 4.69) is 42.5 Å². The molecule has 136 valence electrons. The van der Waals surface area contributed by atoms with Crippen molar-refractivity contribution in [3.8, 4) is 0 Å². The molecule has 1 amide bonds. The Morgan fingerprint density at radius 1 is 1.08 bits per heavy atom. The number of nitrogens with two attached hydrogens (primary N) is 1. The van der Waals surface area contributed by atoms with Crippen molar-refractivity contribution in [3.63, 3.8) is 0 Å². The zero-order valence-electron chi connectivity index (χ0n) is 15.0. The summed E-state index contributed by atoms with van der Waals surface area (Å²) in [7, 11) is 0. The number of carbonyl (C=O) groups is 1. The Morgan fingerprint density at radius 2 is 1.85 bits per heavy atom. The van der Waals surface area contributed by atoms with Crippen LogP contribution in [-0.2, 0) is 16.0 Å². The molecule has 4 nitrogen and oxygen atoms in total. The van der Waals surface area contributed by atoms with E-state index in [1.165, 1.54) is 16.7 Å². The summed E-state index contributed by atoms with van der Waals surface area (Å²) in [4.78, 5) is 14.9. The van der Waals surface area contributed by atoms with E-state index in [0.29, 0.717) is 31.4 Å². The van der Waals surface area contributed by atoms with Crippen molar-refractivity contribution in [1.82, 2.24) is 4.90 Å². The van der Waals surface area contributed by atoms with Gasteiger partial charge in [-0.1, -0.05) is 54.6 Å². The molecule has 0 aliphatic carbocycles. The number of rotatable bonds is 4. The number of ether oxygens (including phenoxy) is 1. The van der Waals surface area contributed by atoms with E-state index in [4.69, 9.17) is 10.5 Å². The summed E-state index contributed by atoms with van der Waals surface area (Å²) in [5.41, 5.74) is 9.76. The van der Waals surface area contributed by atoms with Gasteiger partial charge in [0.2, 0.25) is 5.91 Å². The number of benzene rings is 2. The molecule has 0 radical (unpaired) electrons. The van der Waals surface area contributed by atoms with Crippen molar-refractivity contribution >= 4 is 5.91 Å². The van der Waals surface area contributed by atoms with E-state index in [1.807, 2.05) is 17.0 Å². The van der Waals surface area contributed by atoms with Gasteiger partial charge >= 0.3 is 0 Å². The molecule has 1 unspecified atom stereocenters. The fraction of sp³-hybridized carbons (Fsp3) is 0.409. The van der Waals surface area contributed by atoms with Crippen molar-refractivity contribution in [3.05, 3.63) is 71.3 Å². The summed E-state index contributed by atoms with van der Waals surface area (Å²) < 4.78 is 5.93. The van der Waals surface area contributed by atoms with Crippen LogP contribution in [0.2, 0.25) is 0 Å². The van der Waals surface area contributed by atoms with Gasteiger partial charge in [-0.2, -0.15) is 0 Å². The average molecular weight is 350 g/mol. The third-order valence-corrected chi connectivity index (χ3v) is 5.78. The molecule has 3 atom stereocenters. The molecule has 4 heteroatoms. The maximum absolute atomic E-state index is 13.0. The summed E-state index contributed by atoms with van der Waals surface area (Å²) in [5, 5.41) is 0. The van der Waals surface area contributed by atoms with Crippen molar-refractivity contribution < 1.29 is 9.53 Å². The fourth-order valence-corrected chi connectivity index (χ4v) is 4.33. The summed E-state index contributed by atoms with van der Waals surface area (Å²) in [6.45, 7) is 2.78. The van der Waals surface area contributed by atoms with Crippen LogP contribution in [0, 0.1) is 5.92 Å². The SMILES string of the molecule is NC[C@@H]1CN(C(=O)CC2OCCc3ccccc32)C[C@H]1c1ccccc1. The molecule has 2 heterocycles. The highest BCUT2D eigenvalue weighted by molar-refractivity contribution is 5.77. The number of hydrogen-bond acceptors (Lipinski definition) is 3. The largest absolute Gasteiger partial charge is 0.373 e. The van der Waals surface area contributed by atoms with Gasteiger partial charge in [0.25, 0.3) is 0 Å². The topological polar surface area (TPSA) is 55.6 Å². The molecule has 1 saturated heterocycles. The number of hydrogen-bond donors (Lipinski definition) is 1. The van der Waals surface area contributed by atoms with E-state index < -0.39 is 0 Å². The van der Waals surface area contributed by atoms with Gasteiger partial charge in [0, 0.05) is 19.0 Å². The van der Waals surface area contributed by atoms with Crippen LogP contribution in [0.4, 0.5) is 0 Å². The zero-order chi connectivity index (χ0) is 17.9. The number of fused-ring (bicyclic) bond motifs is 1. The van der Waals surface area contributed by atoms with Crippen LogP contribution in [0.5, 0.6) is 0 Å². The highest BCUT2D eigenvalue weighted by Gasteiger charge is 2.36. The first-order valence-corrected chi connectivity index (χ1v) is 9.48. The number of carbonyl (C=O) groups excluding carboxylic acids is 1. The van der Waals surface area contributed by atoms with Crippen molar-refractivity contribution in [1.29, 1.82) is 0 Å². The quantitative estimate of drug-likeness (QED) is 0.922. The van der Waals surface area contributed by atoms with Crippen molar-refractivity contribution in [2.45, 2.75) is 24.9 Å². The second-order valence-corrected chi connectivity index (χ2v) is 7.32. The number of nitrogens with zero attached hydrogens (tertiary/aromatic N) is 1. The lowest BCUT2D eigenvalue weighted by Gasteiger charge is -2.27. The molecule has 1 fully saturated rings. The smallest absolute Gasteiger partial charge is 0.225 e. The Balaban J connectivity index is 1.46. The summed E-state index contributed by atoms with van der Waals surface area (Å²) in [5.74, 6) is 0.814. The lowest BCUT2D eigenvalue weighted by Crippen LogP contribution is -2.32. The summed E-state index contributed by atoms with van der Waals surface area (Å²) in [6.07, 6.45) is 1.21. The second kappa shape index (κ2) is 7.60. The van der Waals surface area contributed by atoms with E-state index in [1.54, 1.807) is 0 Å². The van der Waals surface area contributed by atoms with Crippen LogP contribution in [0.3, 0.4) is 0 Å². The van der Waals surface area contributed by atoms with Gasteiger partial charge in [0.15, 0.2) is 0 Å². The molecule has 2 N–H and O–H groups in total. The molecule has 2 aromatic carbocycles. The Hall–Kier alpha value is -2.17. The van der Waals surface area contributed by atoms with Crippen LogP contribution in [-0.4, -0.2) is 37.0 Å². The summed E-state index contributed by atoms with van der Waals surface area (Å²) in [6, 6.07) is 18.7. The van der Waals surface area contributed by atoms with Crippen LogP contribution in [0.15, 0.2) is 54.6 Å². The molecular formula is C22H26N2O2. The standard InChI is InChI=1S/C22H26N2O2/c23-13-18-14-24(15-20(18)16-6-2-1-3-7-16)22(25)12-21-19-9-5-4-8-17(19)10-11-26-21/h1-9,18,20-21H,10-15,23H2/t18-,20+,21?/m1/s1. The van der Waals surface area contributed by atoms with Gasteiger partial charge in [0.05, 0.1) is 19.1 Å². The average Bonchev–Trinajstić information content (AvgIpc) is 3.14. The Bertz CT molecular complexity index is 762. The molecule has 26 heavy (non-hydrogen) atoms. The summed E-state index contributed by atoms with van der Waals surface area (Å²) >= 11 is 0. The van der Waals surface area contributed by atoms with E-state index in [-0.39, 0.29) is 12.0 Å². The molecule has 2 aliphatic rings. The van der Waals surface area contributed by atoms with Gasteiger partial charge in [-0.05, 0) is 35.6 Å². The van der Waals surface area contributed by atoms with Gasteiger partial charge in [-0.15, -0.1) is 0 Å². The maximum Gasteiger partial charge on any atom is 0.225 e. The van der Waals surface area contributed by atoms with E-state index >= 15 is 0 Å². The molecule has 2 aromatic rings. The first-order chi connectivity index (χ1) is 12.8. The molecular weight excluding hydrogens is 324 g/mol. The van der Waals surface area contributed by atoms with Gasteiger partial charge in [-0.3, -0.25) is 4.79 Å². The number of amides is 1. The van der Waals surface area contributed by atoms with E-state index in [9.17, 15) is 4.79 Å². The highest BCUT2D eigenvalue weighted by atomic mass is 16.5. The van der Waals surface area contributed by atoms with Gasteiger partial charge < -0.3 is 15.4 Å². The minimum atomic E-state index is -0.125. The minimum absolute atomic E-state index is 0.125. The van der Waals surface area contributed by atoms with Crippen molar-refractivity contribution in [2.24, 2.45) is 11.7 Å². The Kier molecular flexibility index (Phi) is 5.05. The minimum Gasteiger partial charge on any atom is -0.373 e. The molecule has 0 aromatic heterocycles. The molecule has 4 rings (SSSR count). The lowest BCUT2D eigenvalue weighted by atomic mass is 9.89. The third-order valence-electron chi connectivity index (χ3n) is 5.78. The number of likely N-dealkylation sites (tertiary alicyclic amines) is 1. The predicted molar refractivity (Wildman–Crippen MR) is 102 cm³/mol. The van der Waals surface area contributed by atoms with Crippen LogP contribution in [0.1, 0.15) is 35.1 Å². The predicted octanol–water partition coefficient (Wildman–Crippen LogP) is 2.89. The Morgan fingerprint density at radius 3 is 2.65 bits per heavy atom. The highest BCUT2D eigenvalue weighted by Crippen LogP contribution is 2.34. The molecule has 2 aliphatic heterocycles. The zero-order valence-corrected chi connectivity index (χ0v) is 15.0. The van der Waals surface area contributed by atoms with Gasteiger partial charge in [0.1, 0.15) is 0 Å². The van der Waals surface area contributed by atoms with Crippen LogP contribution >= 0.6 is 0 Å². The fourth-order valence-electron chi connectivity index (χ4n) is 4.33. The normalized spacial score (nSPS) is 25.1. The van der Waals surface area contributed by atoms with Crippen molar-refractivity contribution in [2.75, 3.05) is 26.2 Å².